The number of unbranched alkanes of at least 4 members (excludes halogenated alkanes) is 8. The summed E-state index contributed by atoms with van der Waals surface area (Å²) >= 11 is 0. The molecular weight excluding hydrogens is 432 g/mol. The molecule has 0 amide bonds. The molecule has 196 valence electrons. The maximum atomic E-state index is 11.8. The van der Waals surface area contributed by atoms with Gasteiger partial charge in [0, 0.05) is 11.1 Å². The number of carbonyl (C=O) groups is 2. The maximum Gasteiger partial charge on any atom is 0.332 e. The molecule has 2 N–H and O–H groups in total. The van der Waals surface area contributed by atoms with Gasteiger partial charge >= 0.3 is 11.9 Å². The van der Waals surface area contributed by atoms with Gasteiger partial charge in [0.15, 0.2) is 0 Å². The van der Waals surface area contributed by atoms with Crippen molar-refractivity contribution in [3.63, 3.8) is 0 Å². The van der Waals surface area contributed by atoms with Crippen LogP contribution in [0.4, 0.5) is 0 Å². The van der Waals surface area contributed by atoms with E-state index in [-0.39, 0.29) is 11.1 Å². The number of hydrogen-bond donors (Lipinski definition) is 2. The topological polar surface area (TPSA) is 99.7 Å². The van der Waals surface area contributed by atoms with Gasteiger partial charge in [0.05, 0.1) is 24.4 Å². The van der Waals surface area contributed by atoms with Crippen molar-refractivity contribution in [1.82, 2.24) is 0 Å². The third-order valence-corrected chi connectivity index (χ3v) is 7.27. The predicted octanol–water partition coefficient (Wildman–Crippen LogP) is 7.05. The average Bonchev–Trinajstić information content (AvgIpc) is 3.72. The minimum absolute atomic E-state index is 0.0804. The third-order valence-electron chi connectivity index (χ3n) is 7.27. The summed E-state index contributed by atoms with van der Waals surface area (Å²) in [6, 6.07) is 0. The van der Waals surface area contributed by atoms with E-state index in [1.54, 1.807) is 0 Å². The first-order valence-electron chi connectivity index (χ1n) is 14.0. The van der Waals surface area contributed by atoms with Crippen LogP contribution in [0.15, 0.2) is 11.1 Å². The van der Waals surface area contributed by atoms with E-state index in [0.29, 0.717) is 50.1 Å². The molecule has 0 bridgehead atoms. The van der Waals surface area contributed by atoms with Gasteiger partial charge in [-0.05, 0) is 51.4 Å². The fourth-order valence-corrected chi connectivity index (χ4v) is 4.99. The van der Waals surface area contributed by atoms with Crippen LogP contribution in [0, 0.1) is 0 Å². The van der Waals surface area contributed by atoms with Crippen LogP contribution >= 0.6 is 0 Å². The molecule has 4 unspecified atom stereocenters. The Bertz CT molecular complexity index is 589. The van der Waals surface area contributed by atoms with Crippen molar-refractivity contribution in [2.75, 3.05) is 0 Å². The summed E-state index contributed by atoms with van der Waals surface area (Å²) in [5, 5.41) is 19.3. The highest BCUT2D eigenvalue weighted by atomic mass is 16.6. The number of aliphatic carboxylic acids is 2. The van der Waals surface area contributed by atoms with Gasteiger partial charge in [-0.15, -0.1) is 0 Å². The summed E-state index contributed by atoms with van der Waals surface area (Å²) in [7, 11) is 0. The van der Waals surface area contributed by atoms with Crippen LogP contribution in [0.1, 0.15) is 129 Å². The second-order valence-corrected chi connectivity index (χ2v) is 10.2. The first-order chi connectivity index (χ1) is 16.5. The van der Waals surface area contributed by atoms with Crippen LogP contribution in [0.5, 0.6) is 0 Å². The van der Waals surface area contributed by atoms with E-state index in [0.717, 1.165) is 38.5 Å². The molecule has 34 heavy (non-hydrogen) atoms. The van der Waals surface area contributed by atoms with Crippen LogP contribution in [-0.2, 0) is 19.1 Å². The summed E-state index contributed by atoms with van der Waals surface area (Å²) < 4.78 is 11.5. The lowest BCUT2D eigenvalue weighted by molar-refractivity contribution is -0.136. The minimum atomic E-state index is -1.09. The third kappa shape index (κ3) is 11.4. The van der Waals surface area contributed by atoms with Gasteiger partial charge in [-0.1, -0.05) is 78.1 Å². The first kappa shape index (κ1) is 28.8. The largest absolute Gasteiger partial charge is 0.478 e. The molecule has 2 heterocycles. The van der Waals surface area contributed by atoms with Gasteiger partial charge in [-0.3, -0.25) is 0 Å². The molecule has 2 fully saturated rings. The molecule has 4 atom stereocenters. The molecule has 2 saturated heterocycles. The zero-order chi connectivity index (χ0) is 24.8. The molecule has 0 aromatic rings. The van der Waals surface area contributed by atoms with E-state index in [1.165, 1.54) is 51.4 Å². The molecule has 2 aliphatic rings. The van der Waals surface area contributed by atoms with Gasteiger partial charge in [0.2, 0.25) is 0 Å². The van der Waals surface area contributed by atoms with Crippen molar-refractivity contribution in [3.05, 3.63) is 11.1 Å². The van der Waals surface area contributed by atoms with Gasteiger partial charge in [0.1, 0.15) is 0 Å². The lowest BCUT2D eigenvalue weighted by Crippen LogP contribution is -2.12. The summed E-state index contributed by atoms with van der Waals surface area (Å²) in [6.07, 6.45) is 19.3. The zero-order valence-electron chi connectivity index (χ0n) is 21.6. The predicted molar refractivity (Wildman–Crippen MR) is 134 cm³/mol. The molecule has 6 nitrogen and oxygen atoms in total. The molecular formula is C28H48O6. The van der Waals surface area contributed by atoms with Crippen molar-refractivity contribution >= 4 is 11.9 Å². The van der Waals surface area contributed by atoms with Gasteiger partial charge in [0.25, 0.3) is 0 Å². The molecule has 0 saturated carbocycles. The van der Waals surface area contributed by atoms with E-state index in [9.17, 15) is 19.8 Å². The van der Waals surface area contributed by atoms with Crippen molar-refractivity contribution in [1.29, 1.82) is 0 Å². The Hall–Kier alpha value is -1.40. The van der Waals surface area contributed by atoms with E-state index in [2.05, 4.69) is 13.8 Å². The van der Waals surface area contributed by atoms with E-state index < -0.39 is 11.9 Å². The van der Waals surface area contributed by atoms with Crippen molar-refractivity contribution in [3.8, 4) is 0 Å². The molecule has 6 heteroatoms. The fourth-order valence-electron chi connectivity index (χ4n) is 4.99. The molecule has 0 spiro atoms. The fraction of sp³-hybridized carbons (Fsp3) is 0.857. The molecule has 0 aromatic carbocycles. The first-order valence-corrected chi connectivity index (χ1v) is 14.0. The Kier molecular flexibility index (Phi) is 13.8. The van der Waals surface area contributed by atoms with Crippen LogP contribution in [0.2, 0.25) is 0 Å². The lowest BCUT2D eigenvalue weighted by Gasteiger charge is -2.09. The second kappa shape index (κ2) is 16.3. The Balaban J connectivity index is 1.63. The Morgan fingerprint density at radius 2 is 0.853 bits per heavy atom. The quantitative estimate of drug-likeness (QED) is 0.0978. The zero-order valence-corrected chi connectivity index (χ0v) is 21.6. The Morgan fingerprint density at radius 1 is 0.529 bits per heavy atom. The van der Waals surface area contributed by atoms with Gasteiger partial charge < -0.3 is 19.7 Å². The van der Waals surface area contributed by atoms with Crippen LogP contribution in [0.25, 0.3) is 0 Å². The normalized spacial score (nSPS) is 24.1. The highest BCUT2D eigenvalue weighted by Gasteiger charge is 2.37. The molecule has 0 aromatic heterocycles. The Labute approximate surface area is 206 Å². The molecule has 0 aliphatic carbocycles. The second-order valence-electron chi connectivity index (χ2n) is 10.2. The van der Waals surface area contributed by atoms with Gasteiger partial charge in [-0.2, -0.15) is 0 Å². The van der Waals surface area contributed by atoms with Crippen molar-refractivity contribution in [2.45, 2.75) is 154 Å². The van der Waals surface area contributed by atoms with Crippen LogP contribution in [-0.4, -0.2) is 46.6 Å². The summed E-state index contributed by atoms with van der Waals surface area (Å²) in [5.41, 5.74) is 0.161. The van der Waals surface area contributed by atoms with Crippen molar-refractivity contribution < 1.29 is 29.3 Å². The summed E-state index contributed by atoms with van der Waals surface area (Å²) in [6.45, 7) is 4.42. The average molecular weight is 481 g/mol. The van der Waals surface area contributed by atoms with E-state index in [1.807, 2.05) is 0 Å². The number of rotatable bonds is 22. The summed E-state index contributed by atoms with van der Waals surface area (Å²) in [5.74, 6) is -2.18. The Morgan fingerprint density at radius 3 is 1.15 bits per heavy atom. The summed E-state index contributed by atoms with van der Waals surface area (Å²) in [4.78, 5) is 23.6. The van der Waals surface area contributed by atoms with E-state index >= 15 is 0 Å². The number of carboxylic acid groups (broad SMARTS) is 2. The number of hydrogen-bond acceptors (Lipinski definition) is 4. The SMILES string of the molecule is CCCCCCC1OC1CCCC/C(C(=O)O)=C(\CCCCC1OC1CCCCCC)C(=O)O. The highest BCUT2D eigenvalue weighted by Crippen LogP contribution is 2.33. The maximum absolute atomic E-state index is 11.8. The number of carboxylic acids is 2. The standard InChI is InChI=1S/C28H48O6/c1-3-5-7-9-17-23-25(33-23)19-13-11-15-21(27(29)30)22(28(31)32)16-12-14-20-26-24(34-26)18-10-8-6-4-2/h23-26H,3-20H2,1-2H3,(H,29,30)(H,31,32)/b22-21-. The van der Waals surface area contributed by atoms with Crippen LogP contribution in [0.3, 0.4) is 0 Å². The molecule has 2 aliphatic heterocycles. The van der Waals surface area contributed by atoms with Crippen LogP contribution < -0.4 is 0 Å². The van der Waals surface area contributed by atoms with E-state index in [4.69, 9.17) is 9.47 Å². The monoisotopic (exact) mass is 480 g/mol. The highest BCUT2D eigenvalue weighted by molar-refractivity contribution is 5.98. The minimum Gasteiger partial charge on any atom is -0.478 e. The van der Waals surface area contributed by atoms with Gasteiger partial charge in [-0.25, -0.2) is 9.59 Å². The smallest absolute Gasteiger partial charge is 0.332 e. The molecule has 0 radical (unpaired) electrons. The number of ether oxygens (including phenoxy) is 2. The van der Waals surface area contributed by atoms with Crippen molar-refractivity contribution in [2.24, 2.45) is 0 Å². The number of epoxide rings is 2. The molecule has 2 rings (SSSR count). The lowest BCUT2D eigenvalue weighted by atomic mass is 9.96.